The maximum atomic E-state index is 14.2. The Labute approximate surface area is 460 Å². The molecule has 0 aliphatic carbocycles. The van der Waals surface area contributed by atoms with Gasteiger partial charge in [-0.2, -0.15) is 0 Å². The van der Waals surface area contributed by atoms with Crippen LogP contribution in [0, 0.1) is 11.8 Å². The van der Waals surface area contributed by atoms with E-state index in [4.69, 9.17) is 11.5 Å². The minimum atomic E-state index is -1.68. The van der Waals surface area contributed by atoms with Crippen molar-refractivity contribution in [2.75, 3.05) is 26.2 Å². The van der Waals surface area contributed by atoms with Crippen LogP contribution in [0.1, 0.15) is 104 Å². The van der Waals surface area contributed by atoms with E-state index in [9.17, 15) is 58.2 Å². The fourth-order valence-electron chi connectivity index (χ4n) is 9.14. The van der Waals surface area contributed by atoms with Crippen molar-refractivity contribution < 1.29 is 58.2 Å². The lowest BCUT2D eigenvalue weighted by atomic mass is 10.0. The summed E-state index contributed by atoms with van der Waals surface area (Å²) in [6, 6.07) is 3.65. The molecule has 25 heteroatoms. The molecule has 434 valence electrons. The normalized spacial score (nSPS) is 17.6. The van der Waals surface area contributed by atoms with Gasteiger partial charge in [-0.25, -0.2) is 0 Å². The highest BCUT2D eigenvalue weighted by atomic mass is 16.3. The van der Waals surface area contributed by atoms with Crippen LogP contribution in [-0.2, 0) is 60.8 Å². The minimum absolute atomic E-state index is 0.0312. The van der Waals surface area contributed by atoms with Gasteiger partial charge in [0.2, 0.25) is 59.1 Å². The van der Waals surface area contributed by atoms with Crippen LogP contribution < -0.4 is 59.3 Å². The Kier molecular flexibility index (Phi) is 25.4. The fraction of sp³-hybridized carbons (Fsp3) is 0.574. The number of nitrogens with two attached hydrogens (primary N) is 2. The minimum Gasteiger partial charge on any atom is -0.508 e. The number of nitrogens with zero attached hydrogens (tertiary/aromatic N) is 2. The highest BCUT2D eigenvalue weighted by molar-refractivity contribution is 5.99. The van der Waals surface area contributed by atoms with Crippen molar-refractivity contribution in [3.63, 3.8) is 0 Å². The van der Waals surface area contributed by atoms with Crippen molar-refractivity contribution in [2.45, 2.75) is 160 Å². The number of hydrogen-bond acceptors (Lipinski definition) is 13. The Morgan fingerprint density at radius 3 is 1.73 bits per heavy atom. The Morgan fingerprint density at radius 2 is 1.18 bits per heavy atom. The standard InChI is InChI=1S/C54H81N13O12/c1-7-57-52(78)43-16-12-24-67(43)53(79)37(15-11-23-58-54(55)56)61-48(74)38(25-30(2)3)62-45(71)32(6)59-47(73)40(28-34-17-19-35(69)20-18-34)65-51(77)42(29-68)66-49(75)39(26-31(4)5)63-50(76)41(27-33-13-9-8-10-14-33)64-46(72)36-21-22-44(70)60-36/h8-10,13-14,17-20,30-32,36-43,68-69H,7,11-12,15-16,21-29H2,1-6H3,(H,57,78)(H,59,73)(H,60,70)(H,61,74)(H,62,71)(H,63,76)(H,64,72)(H,65,77)(H,66,75)(H4,55,56,58)/t32-,36+,37+,38+,39+,40+,41+,42+,43+/m1/s1. The number of nitrogens with one attached hydrogen (secondary N) is 9. The van der Waals surface area contributed by atoms with Crippen LogP contribution >= 0.6 is 0 Å². The second-order valence-electron chi connectivity index (χ2n) is 20.8. The lowest BCUT2D eigenvalue weighted by Crippen LogP contribution is -2.61. The smallest absolute Gasteiger partial charge is 0.245 e. The molecule has 0 unspecified atom stereocenters. The SMILES string of the molecule is CCNC(=O)[C@@H]1CCCN1C(=O)[C@H](CCCN=C(N)N)NC(=O)[C@H](CC(C)C)NC(=O)[C@@H](C)NC(=O)[C@H](Cc1ccc(O)cc1)NC(=O)[C@H](CO)NC(=O)[C@H](CC(C)C)NC(=O)[C@H](Cc1ccccc1)NC(=O)[C@@H]1CCC(=O)N1. The number of aliphatic hydroxyl groups is 1. The first-order valence-electron chi connectivity index (χ1n) is 27.0. The van der Waals surface area contributed by atoms with Gasteiger partial charge in [0.25, 0.3) is 0 Å². The highest BCUT2D eigenvalue weighted by Gasteiger charge is 2.39. The predicted octanol–water partition coefficient (Wildman–Crippen LogP) is -1.87. The fourth-order valence-corrected chi connectivity index (χ4v) is 9.14. The molecule has 4 rings (SSSR count). The summed E-state index contributed by atoms with van der Waals surface area (Å²) in [6.07, 6.45) is 1.76. The zero-order valence-electron chi connectivity index (χ0n) is 46.0. The molecule has 2 aromatic rings. The average Bonchev–Trinajstić information content (AvgIpc) is 4.09. The third-order valence-electron chi connectivity index (χ3n) is 13.2. The zero-order valence-corrected chi connectivity index (χ0v) is 46.0. The van der Waals surface area contributed by atoms with E-state index in [1.54, 1.807) is 51.1 Å². The Bertz CT molecular complexity index is 2460. The molecular weight excluding hydrogens is 1020 g/mol. The molecule has 2 aliphatic heterocycles. The molecule has 0 spiro atoms. The van der Waals surface area contributed by atoms with E-state index >= 15 is 0 Å². The quantitative estimate of drug-likeness (QED) is 0.0232. The van der Waals surface area contributed by atoms with Crippen LogP contribution in [0.2, 0.25) is 0 Å². The van der Waals surface area contributed by atoms with Crippen LogP contribution in [0.4, 0.5) is 0 Å². The molecule has 10 amide bonds. The summed E-state index contributed by atoms with van der Waals surface area (Å²) in [5.41, 5.74) is 12.2. The molecular formula is C54H81N13O12. The monoisotopic (exact) mass is 1100 g/mol. The number of amides is 10. The number of phenols is 1. The summed E-state index contributed by atoms with van der Waals surface area (Å²) in [5, 5.41) is 44.3. The Balaban J connectivity index is 1.50. The molecule has 9 atom stereocenters. The van der Waals surface area contributed by atoms with Gasteiger partial charge in [0.1, 0.15) is 60.1 Å². The molecule has 15 N–H and O–H groups in total. The zero-order chi connectivity index (χ0) is 58.3. The van der Waals surface area contributed by atoms with Crippen molar-refractivity contribution in [1.82, 2.24) is 52.8 Å². The number of likely N-dealkylation sites (tertiary alicyclic amines) is 1. The summed E-state index contributed by atoms with van der Waals surface area (Å²) in [7, 11) is 0. The number of hydrogen-bond donors (Lipinski definition) is 13. The van der Waals surface area contributed by atoms with Crippen molar-refractivity contribution in [1.29, 1.82) is 0 Å². The third kappa shape index (κ3) is 20.8. The van der Waals surface area contributed by atoms with Gasteiger partial charge in [0.05, 0.1) is 6.61 Å². The molecule has 25 nitrogen and oxygen atoms in total. The van der Waals surface area contributed by atoms with E-state index in [0.29, 0.717) is 30.5 Å². The van der Waals surface area contributed by atoms with E-state index < -0.39 is 108 Å². The molecule has 0 bridgehead atoms. The Hall–Kier alpha value is -7.83. The summed E-state index contributed by atoms with van der Waals surface area (Å²) in [6.45, 7) is 10.2. The van der Waals surface area contributed by atoms with Gasteiger partial charge in [-0.3, -0.25) is 52.9 Å². The number of carbonyl (C=O) groups excluding carboxylic acids is 10. The van der Waals surface area contributed by atoms with E-state index in [1.807, 2.05) is 13.8 Å². The molecule has 2 saturated heterocycles. The van der Waals surface area contributed by atoms with Crippen LogP contribution in [0.15, 0.2) is 59.6 Å². The number of carbonyl (C=O) groups is 10. The average molecular weight is 1100 g/mol. The first-order valence-corrected chi connectivity index (χ1v) is 27.0. The van der Waals surface area contributed by atoms with Gasteiger partial charge in [0.15, 0.2) is 5.96 Å². The first kappa shape index (κ1) is 63.7. The maximum absolute atomic E-state index is 14.2. The summed E-state index contributed by atoms with van der Waals surface area (Å²) < 4.78 is 0. The lowest BCUT2D eigenvalue weighted by molar-refractivity contribution is -0.142. The number of aromatic hydroxyl groups is 1. The topological polar surface area (TPSA) is 387 Å². The van der Waals surface area contributed by atoms with E-state index in [-0.39, 0.29) is 99.8 Å². The van der Waals surface area contributed by atoms with Crippen molar-refractivity contribution in [3.05, 3.63) is 65.7 Å². The van der Waals surface area contributed by atoms with Gasteiger partial charge in [-0.1, -0.05) is 70.2 Å². The van der Waals surface area contributed by atoms with E-state index in [2.05, 4.69) is 52.8 Å². The van der Waals surface area contributed by atoms with Crippen molar-refractivity contribution >= 4 is 65.0 Å². The van der Waals surface area contributed by atoms with Crippen LogP contribution in [0.25, 0.3) is 0 Å². The molecule has 0 aromatic heterocycles. The third-order valence-corrected chi connectivity index (χ3v) is 13.2. The second-order valence-corrected chi connectivity index (χ2v) is 20.8. The van der Waals surface area contributed by atoms with Crippen molar-refractivity contribution in [2.24, 2.45) is 28.3 Å². The number of aliphatic hydroxyl groups excluding tert-OH is 1. The van der Waals surface area contributed by atoms with Crippen LogP contribution in [0.5, 0.6) is 5.75 Å². The molecule has 79 heavy (non-hydrogen) atoms. The van der Waals surface area contributed by atoms with E-state index in [0.717, 1.165) is 0 Å². The molecule has 0 saturated carbocycles. The number of guanidine groups is 1. The molecule has 2 aromatic carbocycles. The van der Waals surface area contributed by atoms with Gasteiger partial charge in [0, 0.05) is 38.9 Å². The Morgan fingerprint density at radius 1 is 0.658 bits per heavy atom. The molecule has 0 radical (unpaired) electrons. The number of likely N-dealkylation sites (N-methyl/N-ethyl adjacent to an activating group) is 1. The second kappa shape index (κ2) is 31.5. The van der Waals surface area contributed by atoms with Crippen molar-refractivity contribution in [3.8, 4) is 5.75 Å². The van der Waals surface area contributed by atoms with Crippen LogP contribution in [0.3, 0.4) is 0 Å². The lowest BCUT2D eigenvalue weighted by Gasteiger charge is -2.30. The van der Waals surface area contributed by atoms with Gasteiger partial charge in [-0.15, -0.1) is 0 Å². The first-order chi connectivity index (χ1) is 37.5. The number of phenolic OH excluding ortho intramolecular Hbond substituents is 1. The van der Waals surface area contributed by atoms with Gasteiger partial charge < -0.3 is 74.4 Å². The van der Waals surface area contributed by atoms with Crippen LogP contribution in [-0.4, -0.2) is 161 Å². The van der Waals surface area contributed by atoms with Gasteiger partial charge in [-0.05, 0) is 93.9 Å². The summed E-state index contributed by atoms with van der Waals surface area (Å²) in [5.74, 6) is -7.27. The van der Waals surface area contributed by atoms with Gasteiger partial charge >= 0.3 is 0 Å². The molecule has 2 fully saturated rings. The molecule has 2 aliphatic rings. The number of aliphatic imine (C=N–C) groups is 1. The largest absolute Gasteiger partial charge is 0.508 e. The maximum Gasteiger partial charge on any atom is 0.245 e. The highest BCUT2D eigenvalue weighted by Crippen LogP contribution is 2.21. The predicted molar refractivity (Wildman–Crippen MR) is 292 cm³/mol. The van der Waals surface area contributed by atoms with E-state index in [1.165, 1.54) is 36.1 Å². The number of rotatable bonds is 30. The summed E-state index contributed by atoms with van der Waals surface area (Å²) >= 11 is 0. The summed E-state index contributed by atoms with van der Waals surface area (Å²) in [4.78, 5) is 142. The number of benzene rings is 2. The molecule has 2 heterocycles.